The summed E-state index contributed by atoms with van der Waals surface area (Å²) in [4.78, 5) is 38.5. The first-order chi connectivity index (χ1) is 40.5. The monoisotopic (exact) mass is 1150 g/mol. The van der Waals surface area contributed by atoms with Crippen LogP contribution in [0.25, 0.3) is 0 Å². The summed E-state index contributed by atoms with van der Waals surface area (Å²) >= 11 is 0. The molecule has 478 valence electrons. The number of unbranched alkanes of at least 4 members (excludes halogenated alkanes) is 46. The van der Waals surface area contributed by atoms with Crippen molar-refractivity contribution in [3.63, 3.8) is 0 Å². The largest absolute Gasteiger partial charge is 0.462 e. The van der Waals surface area contributed by atoms with E-state index in [9.17, 15) is 14.4 Å². The SMILES string of the molecule is CC/C=C\C/C=C\C/C=C\C/C=C\C/C=C\CCCCCCCCCCCCCCCC(=O)OCC(COC(=O)CCCCCCCCCCCCCCCC)OC(=O)CCCCCCCCCCCCCCCCCCCCCCC. The lowest BCUT2D eigenvalue weighted by molar-refractivity contribution is -0.167. The van der Waals surface area contributed by atoms with E-state index in [4.69, 9.17) is 14.2 Å². The molecule has 6 heteroatoms. The molecule has 1 unspecified atom stereocenters. The summed E-state index contributed by atoms with van der Waals surface area (Å²) in [5.41, 5.74) is 0. The molecule has 0 saturated heterocycles. The van der Waals surface area contributed by atoms with Gasteiger partial charge in [0, 0.05) is 19.3 Å². The highest BCUT2D eigenvalue weighted by atomic mass is 16.6. The van der Waals surface area contributed by atoms with Crippen LogP contribution in [0.2, 0.25) is 0 Å². The Morgan fingerprint density at radius 3 is 0.744 bits per heavy atom. The van der Waals surface area contributed by atoms with Gasteiger partial charge < -0.3 is 14.2 Å². The number of hydrogen-bond donors (Lipinski definition) is 0. The summed E-state index contributed by atoms with van der Waals surface area (Å²) in [5, 5.41) is 0. The van der Waals surface area contributed by atoms with E-state index in [-0.39, 0.29) is 31.1 Å². The highest BCUT2D eigenvalue weighted by Gasteiger charge is 2.19. The zero-order valence-corrected chi connectivity index (χ0v) is 55.0. The lowest BCUT2D eigenvalue weighted by Gasteiger charge is -2.18. The van der Waals surface area contributed by atoms with Crippen molar-refractivity contribution in [1.82, 2.24) is 0 Å². The van der Waals surface area contributed by atoms with Gasteiger partial charge in [-0.2, -0.15) is 0 Å². The minimum atomic E-state index is -0.771. The van der Waals surface area contributed by atoms with Gasteiger partial charge in [0.2, 0.25) is 0 Å². The smallest absolute Gasteiger partial charge is 0.306 e. The van der Waals surface area contributed by atoms with Crippen molar-refractivity contribution in [2.75, 3.05) is 13.2 Å². The van der Waals surface area contributed by atoms with E-state index in [0.717, 1.165) is 89.9 Å². The van der Waals surface area contributed by atoms with E-state index >= 15 is 0 Å². The molecule has 0 aromatic rings. The second-order valence-electron chi connectivity index (χ2n) is 24.5. The molecule has 0 aliphatic carbocycles. The second-order valence-corrected chi connectivity index (χ2v) is 24.5. The normalized spacial score (nSPS) is 12.4. The Kier molecular flexibility index (Phi) is 68.1. The van der Waals surface area contributed by atoms with E-state index in [1.807, 2.05) is 0 Å². The summed E-state index contributed by atoms with van der Waals surface area (Å²) in [6, 6.07) is 0. The first kappa shape index (κ1) is 79.1. The molecule has 1 atom stereocenters. The number of ether oxygens (including phenoxy) is 3. The van der Waals surface area contributed by atoms with E-state index in [0.29, 0.717) is 19.3 Å². The van der Waals surface area contributed by atoms with Crippen molar-refractivity contribution in [3.8, 4) is 0 Å². The van der Waals surface area contributed by atoms with Crippen molar-refractivity contribution in [2.45, 2.75) is 393 Å². The molecule has 0 spiro atoms. The van der Waals surface area contributed by atoms with Gasteiger partial charge in [0.1, 0.15) is 13.2 Å². The maximum absolute atomic E-state index is 13.0. The van der Waals surface area contributed by atoms with Gasteiger partial charge >= 0.3 is 17.9 Å². The fourth-order valence-electron chi connectivity index (χ4n) is 10.9. The van der Waals surface area contributed by atoms with Crippen LogP contribution in [-0.2, 0) is 28.6 Å². The quantitative estimate of drug-likeness (QED) is 0.0261. The molecule has 0 amide bonds. The molecule has 0 radical (unpaired) electrons. The molecule has 6 nitrogen and oxygen atoms in total. The van der Waals surface area contributed by atoms with E-state index in [2.05, 4.69) is 81.5 Å². The van der Waals surface area contributed by atoms with Crippen LogP contribution >= 0.6 is 0 Å². The molecule has 0 rings (SSSR count). The van der Waals surface area contributed by atoms with Crippen molar-refractivity contribution in [2.24, 2.45) is 0 Å². The van der Waals surface area contributed by atoms with Crippen LogP contribution in [0, 0.1) is 0 Å². The minimum Gasteiger partial charge on any atom is -0.462 e. The topological polar surface area (TPSA) is 78.9 Å². The third-order valence-electron chi connectivity index (χ3n) is 16.3. The summed E-state index contributed by atoms with van der Waals surface area (Å²) in [7, 11) is 0. The van der Waals surface area contributed by atoms with Crippen LogP contribution in [-0.4, -0.2) is 37.2 Å². The molecule has 0 heterocycles. The van der Waals surface area contributed by atoms with E-state index < -0.39 is 6.10 Å². The number of carbonyl (C=O) groups excluding carboxylic acids is 3. The summed E-state index contributed by atoms with van der Waals surface area (Å²) < 4.78 is 17.0. The molecule has 0 aliphatic heterocycles. The van der Waals surface area contributed by atoms with Crippen LogP contribution < -0.4 is 0 Å². The first-order valence-corrected chi connectivity index (χ1v) is 36.3. The molecule has 0 aromatic carbocycles. The zero-order chi connectivity index (χ0) is 59.2. The highest BCUT2D eigenvalue weighted by Crippen LogP contribution is 2.19. The van der Waals surface area contributed by atoms with Crippen LogP contribution in [0.4, 0.5) is 0 Å². The number of rotatable bonds is 67. The van der Waals surface area contributed by atoms with Crippen molar-refractivity contribution in [1.29, 1.82) is 0 Å². The van der Waals surface area contributed by atoms with Crippen molar-refractivity contribution < 1.29 is 28.6 Å². The van der Waals surface area contributed by atoms with Crippen LogP contribution in [0.15, 0.2) is 60.8 Å². The number of allylic oxidation sites excluding steroid dienone is 10. The number of hydrogen-bond acceptors (Lipinski definition) is 6. The Morgan fingerprint density at radius 1 is 0.256 bits per heavy atom. The average molecular weight is 1150 g/mol. The number of esters is 3. The molecule has 0 saturated carbocycles. The number of carbonyl (C=O) groups is 3. The van der Waals surface area contributed by atoms with Crippen molar-refractivity contribution >= 4 is 17.9 Å². The molecule has 0 aromatic heterocycles. The van der Waals surface area contributed by atoms with E-state index in [1.165, 1.54) is 257 Å². The Morgan fingerprint density at radius 2 is 0.476 bits per heavy atom. The standard InChI is InChI=1S/C76H138O6/c1-4-7-10-13-16-19-22-25-28-30-32-34-35-36-37-38-39-40-41-43-44-46-48-51-54-57-60-63-66-69-75(78)81-72-73(71-80-74(77)68-65-62-59-56-53-50-27-24-21-18-15-12-9-6-3)82-76(79)70-67-64-61-58-55-52-49-47-45-42-33-31-29-26-23-20-17-14-11-8-5-2/h7,10,16,19,25,28,32,34,36-37,73H,4-6,8-9,11-15,17-18,20-24,26-27,29-31,33,35,38-72H2,1-3H3/b10-7-,19-16-,28-25-,34-32-,37-36-. The van der Waals surface area contributed by atoms with Gasteiger partial charge in [-0.15, -0.1) is 0 Å². The summed E-state index contributed by atoms with van der Waals surface area (Å²) in [6.45, 7) is 6.60. The van der Waals surface area contributed by atoms with Gasteiger partial charge in [0.05, 0.1) is 0 Å². The summed E-state index contributed by atoms with van der Waals surface area (Å²) in [6.07, 6.45) is 91.1. The Bertz CT molecular complexity index is 1460. The molecule has 82 heavy (non-hydrogen) atoms. The predicted molar refractivity (Wildman–Crippen MR) is 358 cm³/mol. The fourth-order valence-corrected chi connectivity index (χ4v) is 10.9. The fraction of sp³-hybridized carbons (Fsp3) is 0.829. The van der Waals surface area contributed by atoms with Gasteiger partial charge in [0.15, 0.2) is 6.10 Å². The second kappa shape index (κ2) is 70.6. The van der Waals surface area contributed by atoms with E-state index in [1.54, 1.807) is 0 Å². The third kappa shape index (κ3) is 67.9. The maximum Gasteiger partial charge on any atom is 0.306 e. The van der Waals surface area contributed by atoms with Crippen LogP contribution in [0.1, 0.15) is 387 Å². The van der Waals surface area contributed by atoms with Gasteiger partial charge in [-0.25, -0.2) is 0 Å². The van der Waals surface area contributed by atoms with Gasteiger partial charge in [0.25, 0.3) is 0 Å². The zero-order valence-electron chi connectivity index (χ0n) is 55.0. The molecule has 0 bridgehead atoms. The van der Waals surface area contributed by atoms with Crippen LogP contribution in [0.5, 0.6) is 0 Å². The van der Waals surface area contributed by atoms with Gasteiger partial charge in [-0.1, -0.05) is 364 Å². The Hall–Kier alpha value is -2.89. The Labute approximate surface area is 510 Å². The van der Waals surface area contributed by atoms with Crippen molar-refractivity contribution in [3.05, 3.63) is 60.8 Å². The predicted octanol–water partition coefficient (Wildman–Crippen LogP) is 25.1. The minimum absolute atomic E-state index is 0.0673. The molecular weight excluding hydrogens is 1010 g/mol. The summed E-state index contributed by atoms with van der Waals surface area (Å²) in [5.74, 6) is -0.839. The van der Waals surface area contributed by atoms with Gasteiger partial charge in [-0.3, -0.25) is 14.4 Å². The van der Waals surface area contributed by atoms with Crippen LogP contribution in [0.3, 0.4) is 0 Å². The lowest BCUT2D eigenvalue weighted by Crippen LogP contribution is -2.30. The molecular formula is C76H138O6. The molecule has 0 aliphatic rings. The molecule has 0 N–H and O–H groups in total. The maximum atomic E-state index is 13.0. The third-order valence-corrected chi connectivity index (χ3v) is 16.3. The Balaban J connectivity index is 4.23. The van der Waals surface area contributed by atoms with Gasteiger partial charge in [-0.05, 0) is 64.2 Å². The molecule has 0 fully saturated rings. The first-order valence-electron chi connectivity index (χ1n) is 36.3. The highest BCUT2D eigenvalue weighted by molar-refractivity contribution is 5.71. The lowest BCUT2D eigenvalue weighted by atomic mass is 10.0. The average Bonchev–Trinajstić information content (AvgIpc) is 3.47.